The Hall–Kier alpha value is -2.72. The van der Waals surface area contributed by atoms with Gasteiger partial charge in [-0.25, -0.2) is 4.79 Å². The molecule has 0 fully saturated rings. The number of ether oxygens (including phenoxy) is 3. The van der Waals surface area contributed by atoms with Gasteiger partial charge in [0.1, 0.15) is 17.1 Å². The maximum Gasteiger partial charge on any atom is 0.342 e. The zero-order valence-corrected chi connectivity index (χ0v) is 14.1. The second kappa shape index (κ2) is 8.79. The summed E-state index contributed by atoms with van der Waals surface area (Å²) in [5.41, 5.74) is 0.912. The fourth-order valence-corrected chi connectivity index (χ4v) is 2.19. The number of halogens is 1. The first kappa shape index (κ1) is 17.6. The summed E-state index contributed by atoms with van der Waals surface area (Å²) in [7, 11) is 2.71. The second-order valence-electron chi connectivity index (χ2n) is 4.74. The van der Waals surface area contributed by atoms with Gasteiger partial charge in [-0.3, -0.25) is 0 Å². The van der Waals surface area contributed by atoms with Crippen molar-refractivity contribution in [2.45, 2.75) is 0 Å². The van der Waals surface area contributed by atoms with Gasteiger partial charge in [-0.15, -0.1) is 0 Å². The van der Waals surface area contributed by atoms with E-state index in [1.807, 2.05) is 54.6 Å². The molecule has 0 unspecified atom stereocenters. The van der Waals surface area contributed by atoms with Crippen LogP contribution in [0.25, 0.3) is 6.08 Å². The topological polar surface area (TPSA) is 44.8 Å². The van der Waals surface area contributed by atoms with E-state index < -0.39 is 5.97 Å². The molecule has 0 N–H and O–H groups in total. The molecule has 2 aromatic carbocycles. The Balaban J connectivity index is 2.24. The van der Waals surface area contributed by atoms with E-state index in [0.717, 1.165) is 11.3 Å². The number of rotatable bonds is 6. The first-order valence-corrected chi connectivity index (χ1v) is 7.53. The summed E-state index contributed by atoms with van der Waals surface area (Å²) in [6.07, 6.45) is 2.89. The summed E-state index contributed by atoms with van der Waals surface area (Å²) in [6.45, 7) is 0. The molecule has 0 saturated carbocycles. The Kier molecular flexibility index (Phi) is 6.46. The summed E-state index contributed by atoms with van der Waals surface area (Å²) in [4.78, 5) is 11.7. The van der Waals surface area contributed by atoms with Gasteiger partial charge in [-0.05, 0) is 35.9 Å². The lowest BCUT2D eigenvalue weighted by Crippen LogP contribution is -2.05. The Morgan fingerprint density at radius 2 is 1.71 bits per heavy atom. The maximum absolute atomic E-state index is 11.7. The Labute approximate surface area is 145 Å². The Morgan fingerprint density at radius 3 is 2.38 bits per heavy atom. The molecule has 0 spiro atoms. The highest BCUT2D eigenvalue weighted by Crippen LogP contribution is 2.25. The molecule has 0 aliphatic heterocycles. The highest BCUT2D eigenvalue weighted by molar-refractivity contribution is 6.36. The smallest absolute Gasteiger partial charge is 0.342 e. The minimum Gasteiger partial charge on any atom is -0.503 e. The molecule has 24 heavy (non-hydrogen) atoms. The fraction of sp³-hybridized carbons (Fsp3) is 0.105. The summed E-state index contributed by atoms with van der Waals surface area (Å²) < 4.78 is 15.3. The van der Waals surface area contributed by atoms with E-state index in [2.05, 4.69) is 4.74 Å². The number of carbonyl (C=O) groups excluding carboxylic acids is 1. The van der Waals surface area contributed by atoms with Crippen LogP contribution < -0.4 is 4.74 Å². The molecule has 0 aliphatic carbocycles. The molecule has 0 radical (unpaired) electrons. The van der Waals surface area contributed by atoms with E-state index in [1.165, 1.54) is 20.5 Å². The molecule has 4 nitrogen and oxygen atoms in total. The van der Waals surface area contributed by atoms with Crippen LogP contribution in [-0.4, -0.2) is 20.2 Å². The van der Waals surface area contributed by atoms with E-state index in [-0.39, 0.29) is 10.6 Å². The molecule has 124 valence electrons. The van der Waals surface area contributed by atoms with E-state index >= 15 is 0 Å². The number of methoxy groups -OCH3 is 2. The van der Waals surface area contributed by atoms with Crippen LogP contribution in [0.4, 0.5) is 0 Å². The predicted molar refractivity (Wildman–Crippen MR) is 93.9 cm³/mol. The van der Waals surface area contributed by atoms with Crippen molar-refractivity contribution in [2.24, 2.45) is 0 Å². The summed E-state index contributed by atoms with van der Waals surface area (Å²) in [5, 5.41) is 0.209. The van der Waals surface area contributed by atoms with Crippen molar-refractivity contribution < 1.29 is 19.0 Å². The van der Waals surface area contributed by atoms with Crippen molar-refractivity contribution in [2.75, 3.05) is 14.2 Å². The minimum atomic E-state index is -0.574. The van der Waals surface area contributed by atoms with Gasteiger partial charge in [-0.1, -0.05) is 41.9 Å². The lowest BCUT2D eigenvalue weighted by Gasteiger charge is -2.07. The lowest BCUT2D eigenvalue weighted by molar-refractivity contribution is -0.135. The van der Waals surface area contributed by atoms with E-state index in [0.29, 0.717) is 5.75 Å². The van der Waals surface area contributed by atoms with Crippen LogP contribution in [0.2, 0.25) is 0 Å². The quantitative estimate of drug-likeness (QED) is 0.328. The predicted octanol–water partition coefficient (Wildman–Crippen LogP) is 4.76. The zero-order chi connectivity index (χ0) is 17.4. The summed E-state index contributed by atoms with van der Waals surface area (Å²) in [5.74, 6) is 0.823. The van der Waals surface area contributed by atoms with Gasteiger partial charge >= 0.3 is 5.97 Å². The van der Waals surface area contributed by atoms with Crippen molar-refractivity contribution in [3.05, 3.63) is 77.0 Å². The number of esters is 1. The molecule has 0 bridgehead atoms. The number of hydrogen-bond acceptors (Lipinski definition) is 4. The lowest BCUT2D eigenvalue weighted by atomic mass is 10.1. The maximum atomic E-state index is 11.7. The third-order valence-corrected chi connectivity index (χ3v) is 3.34. The van der Waals surface area contributed by atoms with Crippen molar-refractivity contribution in [1.82, 2.24) is 0 Å². The van der Waals surface area contributed by atoms with Gasteiger partial charge in [-0.2, -0.15) is 0 Å². The van der Waals surface area contributed by atoms with Crippen molar-refractivity contribution in [3.63, 3.8) is 0 Å². The number of benzene rings is 2. The molecule has 2 aromatic rings. The van der Waals surface area contributed by atoms with Gasteiger partial charge in [0.15, 0.2) is 0 Å². The van der Waals surface area contributed by atoms with Crippen LogP contribution >= 0.6 is 11.6 Å². The van der Waals surface area contributed by atoms with Crippen LogP contribution in [-0.2, 0) is 14.3 Å². The largest absolute Gasteiger partial charge is 0.503 e. The molecule has 5 heteroatoms. The van der Waals surface area contributed by atoms with Crippen molar-refractivity contribution in [3.8, 4) is 11.5 Å². The Morgan fingerprint density at radius 1 is 1.00 bits per heavy atom. The van der Waals surface area contributed by atoms with Gasteiger partial charge in [0.05, 0.1) is 25.5 Å². The highest BCUT2D eigenvalue weighted by Gasteiger charge is 2.14. The molecule has 0 atom stereocenters. The minimum absolute atomic E-state index is 0.135. The zero-order valence-electron chi connectivity index (χ0n) is 13.4. The van der Waals surface area contributed by atoms with Crippen LogP contribution in [0.5, 0.6) is 11.5 Å². The summed E-state index contributed by atoms with van der Waals surface area (Å²) >= 11 is 6.22. The van der Waals surface area contributed by atoms with E-state index in [1.54, 1.807) is 6.08 Å². The highest BCUT2D eigenvalue weighted by atomic mass is 35.5. The normalized spacial score (nSPS) is 11.8. The Bertz CT molecular complexity index is 751. The molecule has 0 aliphatic rings. The van der Waals surface area contributed by atoms with Gasteiger partial charge < -0.3 is 14.2 Å². The third kappa shape index (κ3) is 4.89. The van der Waals surface area contributed by atoms with Crippen LogP contribution in [0.1, 0.15) is 5.56 Å². The molecule has 0 aromatic heterocycles. The van der Waals surface area contributed by atoms with E-state index in [4.69, 9.17) is 21.1 Å². The molecule has 2 rings (SSSR count). The standard InChI is InChI=1S/C19H17ClO4/c1-22-13-17(19(21)23-2)18(20)12-14-7-6-10-16(11-14)24-15-8-4-3-5-9-15/h3-13H,1-2H3/b17-13+,18-12+. The average Bonchev–Trinajstić information content (AvgIpc) is 2.60. The number of para-hydroxylation sites is 1. The van der Waals surface area contributed by atoms with Crippen LogP contribution in [0.15, 0.2) is 71.5 Å². The van der Waals surface area contributed by atoms with Crippen molar-refractivity contribution in [1.29, 1.82) is 0 Å². The molecule has 0 amide bonds. The number of carbonyl (C=O) groups is 1. The monoisotopic (exact) mass is 344 g/mol. The van der Waals surface area contributed by atoms with E-state index in [9.17, 15) is 4.79 Å². The number of hydrogen-bond donors (Lipinski definition) is 0. The first-order chi connectivity index (χ1) is 11.6. The second-order valence-corrected chi connectivity index (χ2v) is 5.15. The van der Waals surface area contributed by atoms with Crippen molar-refractivity contribution >= 4 is 23.6 Å². The third-order valence-electron chi connectivity index (χ3n) is 3.03. The fourth-order valence-electron chi connectivity index (χ4n) is 1.95. The molecular formula is C19H17ClO4. The van der Waals surface area contributed by atoms with Gasteiger partial charge in [0.2, 0.25) is 0 Å². The molecular weight excluding hydrogens is 328 g/mol. The van der Waals surface area contributed by atoms with Gasteiger partial charge in [0.25, 0.3) is 0 Å². The van der Waals surface area contributed by atoms with Crippen LogP contribution in [0.3, 0.4) is 0 Å². The molecule has 0 heterocycles. The summed E-state index contributed by atoms with van der Waals surface area (Å²) in [6, 6.07) is 16.8. The molecule has 0 saturated heterocycles. The van der Waals surface area contributed by atoms with Crippen LogP contribution in [0, 0.1) is 0 Å². The first-order valence-electron chi connectivity index (χ1n) is 7.16. The average molecular weight is 345 g/mol. The SMILES string of the molecule is CO/C=C(C(=O)OC)\C(Cl)=C/c1cccc(Oc2ccccc2)c1. The van der Waals surface area contributed by atoms with Gasteiger partial charge in [0, 0.05) is 0 Å².